The third-order valence-corrected chi connectivity index (χ3v) is 6.41. The van der Waals surface area contributed by atoms with Crippen LogP contribution in [0.25, 0.3) is 0 Å². The first-order valence-electron chi connectivity index (χ1n) is 6.84. The van der Waals surface area contributed by atoms with Crippen LogP contribution in [0, 0.1) is 6.92 Å². The molecule has 116 valence electrons. The Morgan fingerprint density at radius 3 is 2.48 bits per heavy atom. The summed E-state index contributed by atoms with van der Waals surface area (Å²) in [5.41, 5.74) is 0.893. The largest absolute Gasteiger partial charge is 0.354 e. The van der Waals surface area contributed by atoms with Crippen molar-refractivity contribution in [3.8, 4) is 0 Å². The minimum Gasteiger partial charge on any atom is -0.354 e. The average molecular weight is 375 g/mol. The predicted octanol–water partition coefficient (Wildman–Crippen LogP) is 2.05. The number of carbonyl (C=O) groups is 1. The highest BCUT2D eigenvalue weighted by Crippen LogP contribution is 2.24. The van der Waals surface area contributed by atoms with Crippen molar-refractivity contribution in [1.29, 1.82) is 0 Å². The lowest BCUT2D eigenvalue weighted by Crippen LogP contribution is -2.46. The highest BCUT2D eigenvalue weighted by Gasteiger charge is 2.29. The molecule has 1 aromatic rings. The van der Waals surface area contributed by atoms with Crippen molar-refractivity contribution in [3.05, 3.63) is 28.2 Å². The van der Waals surface area contributed by atoms with Crippen LogP contribution in [0.5, 0.6) is 0 Å². The van der Waals surface area contributed by atoms with E-state index in [0.29, 0.717) is 30.8 Å². The minimum atomic E-state index is -3.45. The molecule has 0 radical (unpaired) electrons. The Morgan fingerprint density at radius 2 is 1.95 bits per heavy atom. The van der Waals surface area contributed by atoms with Crippen LogP contribution in [-0.4, -0.2) is 37.8 Å². The number of benzene rings is 1. The van der Waals surface area contributed by atoms with Crippen LogP contribution in [0.2, 0.25) is 0 Å². The Kier molecular flexibility index (Phi) is 5.06. The lowest BCUT2D eigenvalue weighted by Gasteiger charge is -2.31. The lowest BCUT2D eigenvalue weighted by molar-refractivity contribution is -0.119. The van der Waals surface area contributed by atoms with E-state index in [9.17, 15) is 13.2 Å². The molecule has 1 aliphatic heterocycles. The number of nitrogens with zero attached hydrogens (tertiary/aromatic N) is 1. The fourth-order valence-electron chi connectivity index (χ4n) is 2.45. The summed E-state index contributed by atoms with van der Waals surface area (Å²) in [6.45, 7) is 4.21. The smallest absolute Gasteiger partial charge is 0.243 e. The predicted molar refractivity (Wildman–Crippen MR) is 84.5 cm³/mol. The Morgan fingerprint density at radius 1 is 1.33 bits per heavy atom. The maximum Gasteiger partial charge on any atom is 0.243 e. The summed E-state index contributed by atoms with van der Waals surface area (Å²) in [5, 5.41) is 2.84. The van der Waals surface area contributed by atoms with Crippen LogP contribution in [0.1, 0.15) is 25.3 Å². The summed E-state index contributed by atoms with van der Waals surface area (Å²) in [4.78, 5) is 11.4. The molecule has 7 heteroatoms. The number of hydrogen-bond acceptors (Lipinski definition) is 3. The van der Waals surface area contributed by atoms with Gasteiger partial charge in [-0.05, 0) is 43.5 Å². The first-order chi connectivity index (χ1) is 9.80. The minimum absolute atomic E-state index is 0.0696. The van der Waals surface area contributed by atoms with Gasteiger partial charge in [-0.1, -0.05) is 15.9 Å². The maximum atomic E-state index is 12.6. The molecule has 1 N–H and O–H groups in total. The van der Waals surface area contributed by atoms with Gasteiger partial charge in [0.05, 0.1) is 4.90 Å². The first-order valence-corrected chi connectivity index (χ1v) is 9.07. The van der Waals surface area contributed by atoms with Gasteiger partial charge in [-0.2, -0.15) is 4.31 Å². The van der Waals surface area contributed by atoms with E-state index >= 15 is 0 Å². The number of hydrogen-bond donors (Lipinski definition) is 1. The summed E-state index contributed by atoms with van der Waals surface area (Å²) in [6, 6.07) is 5.12. The molecule has 5 nitrogen and oxygen atoms in total. The topological polar surface area (TPSA) is 66.5 Å². The molecule has 21 heavy (non-hydrogen) atoms. The van der Waals surface area contributed by atoms with Crippen molar-refractivity contribution in [1.82, 2.24) is 9.62 Å². The molecule has 0 spiro atoms. The van der Waals surface area contributed by atoms with Crippen LogP contribution in [0.3, 0.4) is 0 Å². The maximum absolute atomic E-state index is 12.6. The van der Waals surface area contributed by atoms with Gasteiger partial charge in [0.2, 0.25) is 15.9 Å². The van der Waals surface area contributed by atoms with Crippen molar-refractivity contribution in [2.24, 2.45) is 0 Å². The molecule has 1 heterocycles. The number of sulfonamides is 1. The molecular weight excluding hydrogens is 356 g/mol. The highest BCUT2D eigenvalue weighted by atomic mass is 79.9. The van der Waals surface area contributed by atoms with Gasteiger partial charge >= 0.3 is 0 Å². The van der Waals surface area contributed by atoms with E-state index in [-0.39, 0.29) is 11.9 Å². The fourth-order valence-corrected chi connectivity index (χ4v) is 4.26. The van der Waals surface area contributed by atoms with Gasteiger partial charge in [-0.3, -0.25) is 4.79 Å². The van der Waals surface area contributed by atoms with E-state index in [1.807, 2.05) is 6.92 Å². The van der Waals surface area contributed by atoms with Crippen molar-refractivity contribution in [2.75, 3.05) is 13.1 Å². The summed E-state index contributed by atoms with van der Waals surface area (Å²) in [6.07, 6.45) is 1.29. The van der Waals surface area contributed by atoms with Gasteiger partial charge in [0, 0.05) is 30.5 Å². The van der Waals surface area contributed by atoms with Crippen LogP contribution < -0.4 is 5.32 Å². The number of rotatable bonds is 3. The fraction of sp³-hybridized carbons (Fsp3) is 0.500. The summed E-state index contributed by atoms with van der Waals surface area (Å²) in [7, 11) is -3.45. The number of amides is 1. The van der Waals surface area contributed by atoms with Crippen molar-refractivity contribution >= 4 is 31.9 Å². The molecular formula is C14H19BrN2O3S. The van der Waals surface area contributed by atoms with E-state index in [4.69, 9.17) is 0 Å². The molecule has 2 rings (SSSR count). The standard InChI is InChI=1S/C14H19BrN2O3S/c1-10-9-13(3-4-14(10)15)21(19,20)17-7-5-12(6-8-17)16-11(2)18/h3-4,9,12H,5-8H2,1-2H3,(H,16,18). The Bertz CT molecular complexity index is 638. The van der Waals surface area contributed by atoms with Crippen LogP contribution >= 0.6 is 15.9 Å². The second-order valence-corrected chi connectivity index (χ2v) is 8.08. The quantitative estimate of drug-likeness (QED) is 0.880. The zero-order valence-electron chi connectivity index (χ0n) is 12.1. The second-order valence-electron chi connectivity index (χ2n) is 5.29. The van der Waals surface area contributed by atoms with E-state index < -0.39 is 10.0 Å². The normalized spacial score (nSPS) is 17.7. The van der Waals surface area contributed by atoms with E-state index in [1.165, 1.54) is 11.2 Å². The van der Waals surface area contributed by atoms with Crippen molar-refractivity contribution in [2.45, 2.75) is 37.6 Å². The number of halogens is 1. The van der Waals surface area contributed by atoms with E-state index in [1.54, 1.807) is 18.2 Å². The zero-order chi connectivity index (χ0) is 15.6. The van der Waals surface area contributed by atoms with Gasteiger partial charge < -0.3 is 5.32 Å². The van der Waals surface area contributed by atoms with Gasteiger partial charge in [0.15, 0.2) is 0 Å². The highest BCUT2D eigenvalue weighted by molar-refractivity contribution is 9.10. The molecule has 0 atom stereocenters. The Hall–Kier alpha value is -0.920. The molecule has 0 bridgehead atoms. The van der Waals surface area contributed by atoms with E-state index in [0.717, 1.165) is 10.0 Å². The SMILES string of the molecule is CC(=O)NC1CCN(S(=O)(=O)c2ccc(Br)c(C)c2)CC1. The molecule has 0 unspecified atom stereocenters. The van der Waals surface area contributed by atoms with Gasteiger partial charge in [-0.25, -0.2) is 8.42 Å². The van der Waals surface area contributed by atoms with Crippen molar-refractivity contribution in [3.63, 3.8) is 0 Å². The van der Waals surface area contributed by atoms with Crippen LogP contribution in [0.15, 0.2) is 27.6 Å². The van der Waals surface area contributed by atoms with Gasteiger partial charge in [0.25, 0.3) is 0 Å². The summed E-state index contributed by atoms with van der Waals surface area (Å²) >= 11 is 3.37. The average Bonchev–Trinajstić information content (AvgIpc) is 2.41. The third-order valence-electron chi connectivity index (χ3n) is 3.63. The van der Waals surface area contributed by atoms with Crippen LogP contribution in [0.4, 0.5) is 0 Å². The number of piperidine rings is 1. The molecule has 1 amide bonds. The second kappa shape index (κ2) is 6.46. The molecule has 1 aromatic carbocycles. The summed E-state index contributed by atoms with van der Waals surface area (Å²) < 4.78 is 27.6. The van der Waals surface area contributed by atoms with Gasteiger partial charge in [-0.15, -0.1) is 0 Å². The molecule has 0 aliphatic carbocycles. The molecule has 1 fully saturated rings. The summed E-state index contributed by atoms with van der Waals surface area (Å²) in [5.74, 6) is -0.0696. The molecule has 1 aliphatic rings. The lowest BCUT2D eigenvalue weighted by atomic mass is 10.1. The molecule has 0 aromatic heterocycles. The van der Waals surface area contributed by atoms with Gasteiger partial charge in [0.1, 0.15) is 0 Å². The van der Waals surface area contributed by atoms with Crippen LogP contribution in [-0.2, 0) is 14.8 Å². The third kappa shape index (κ3) is 3.84. The Labute approximate surface area is 133 Å². The molecule has 0 saturated carbocycles. The van der Waals surface area contributed by atoms with E-state index in [2.05, 4.69) is 21.2 Å². The zero-order valence-corrected chi connectivity index (χ0v) is 14.5. The number of aryl methyl sites for hydroxylation is 1. The number of nitrogens with one attached hydrogen (secondary N) is 1. The van der Waals surface area contributed by atoms with Crippen molar-refractivity contribution < 1.29 is 13.2 Å². The first kappa shape index (κ1) is 16.5. The number of carbonyl (C=O) groups excluding carboxylic acids is 1. The molecule has 1 saturated heterocycles. The monoisotopic (exact) mass is 374 g/mol. The Balaban J connectivity index is 2.11.